The van der Waals surface area contributed by atoms with Gasteiger partial charge in [0.25, 0.3) is 0 Å². The Bertz CT molecular complexity index is 282. The van der Waals surface area contributed by atoms with Gasteiger partial charge in [0.1, 0.15) is 15.0 Å². The molecule has 0 aromatic heterocycles. The van der Waals surface area contributed by atoms with Gasteiger partial charge in [0.2, 0.25) is 0 Å². The number of hydrogen-bond acceptors (Lipinski definition) is 4. The molecule has 0 saturated heterocycles. The van der Waals surface area contributed by atoms with E-state index in [9.17, 15) is 4.57 Å². The van der Waals surface area contributed by atoms with Crippen molar-refractivity contribution in [1.29, 1.82) is 0 Å². The molecule has 0 N–H and O–H groups in total. The summed E-state index contributed by atoms with van der Waals surface area (Å²) in [6, 6.07) is 0. The molecule has 0 aliphatic rings. The number of halogens is 6. The van der Waals surface area contributed by atoms with Crippen LogP contribution in [0.15, 0.2) is 0 Å². The fourth-order valence-corrected chi connectivity index (χ4v) is 4.80. The summed E-state index contributed by atoms with van der Waals surface area (Å²) < 4.78 is 29.0. The first-order chi connectivity index (χ1) is 8.98. The summed E-state index contributed by atoms with van der Waals surface area (Å²) in [5.41, 5.74) is 0. The first-order valence-corrected chi connectivity index (χ1v) is 12.4. The molecule has 11 heteroatoms. The van der Waals surface area contributed by atoms with E-state index in [2.05, 4.69) is 95.6 Å². The van der Waals surface area contributed by atoms with Crippen molar-refractivity contribution < 1.29 is 18.1 Å². The van der Waals surface area contributed by atoms with Gasteiger partial charge in [-0.3, -0.25) is 13.6 Å². The van der Waals surface area contributed by atoms with Crippen LogP contribution in [0.2, 0.25) is 0 Å². The van der Waals surface area contributed by atoms with Crippen molar-refractivity contribution in [3.05, 3.63) is 0 Å². The monoisotopic (exact) mass is 692 g/mol. The van der Waals surface area contributed by atoms with E-state index in [1.807, 2.05) is 20.8 Å². The molecule has 0 aliphatic carbocycles. The van der Waals surface area contributed by atoms with E-state index in [1.54, 1.807) is 0 Å². The summed E-state index contributed by atoms with van der Waals surface area (Å²) in [7, 11) is -3.78. The van der Waals surface area contributed by atoms with Gasteiger partial charge in [-0.1, -0.05) is 95.6 Å². The Kier molecular flexibility index (Phi) is 12.4. The second-order valence-corrected chi connectivity index (χ2v) is 12.4. The Morgan fingerprint density at radius 1 is 0.650 bits per heavy atom. The molecular weight excluding hydrogens is 682 g/mol. The van der Waals surface area contributed by atoms with Crippen molar-refractivity contribution in [2.24, 2.45) is 0 Å². The molecule has 122 valence electrons. The molecule has 0 bridgehead atoms. The maximum absolute atomic E-state index is 12.7. The topological polar surface area (TPSA) is 44.8 Å². The summed E-state index contributed by atoms with van der Waals surface area (Å²) in [4.78, 5) is -0.227. The van der Waals surface area contributed by atoms with Crippen molar-refractivity contribution in [1.82, 2.24) is 0 Å². The molecular formula is C9H15Br6O4P. The van der Waals surface area contributed by atoms with Crippen LogP contribution >= 0.6 is 103 Å². The minimum Gasteiger partial charge on any atom is -0.271 e. The minimum absolute atomic E-state index is 0.0756. The predicted molar refractivity (Wildman–Crippen MR) is 104 cm³/mol. The summed E-state index contributed by atoms with van der Waals surface area (Å²) in [5, 5.41) is -1.57. The maximum atomic E-state index is 12.7. The van der Waals surface area contributed by atoms with Gasteiger partial charge in [-0.25, -0.2) is 4.57 Å². The van der Waals surface area contributed by atoms with Gasteiger partial charge >= 0.3 is 7.82 Å². The first kappa shape index (κ1) is 23.0. The Morgan fingerprint density at radius 3 is 1.00 bits per heavy atom. The minimum atomic E-state index is -3.78. The lowest BCUT2D eigenvalue weighted by Gasteiger charge is -2.27. The molecule has 0 spiro atoms. The van der Waals surface area contributed by atoms with Gasteiger partial charge < -0.3 is 0 Å². The zero-order chi connectivity index (χ0) is 16.1. The van der Waals surface area contributed by atoms with Crippen molar-refractivity contribution in [3.8, 4) is 0 Å². The van der Waals surface area contributed by atoms with Crippen LogP contribution in [-0.4, -0.2) is 29.5 Å². The van der Waals surface area contributed by atoms with Gasteiger partial charge in [0, 0.05) is 14.5 Å². The third kappa shape index (κ3) is 9.33. The van der Waals surface area contributed by atoms with E-state index in [0.717, 1.165) is 0 Å². The van der Waals surface area contributed by atoms with Crippen molar-refractivity contribution >= 4 is 103 Å². The number of phosphoric ester groups is 1. The van der Waals surface area contributed by atoms with Crippen LogP contribution in [0.1, 0.15) is 20.8 Å². The zero-order valence-electron chi connectivity index (χ0n) is 10.8. The molecule has 6 unspecified atom stereocenters. The molecule has 0 aliphatic heterocycles. The number of alkyl halides is 6. The van der Waals surface area contributed by atoms with E-state index < -0.39 is 22.9 Å². The van der Waals surface area contributed by atoms with Crippen LogP contribution in [0.4, 0.5) is 0 Å². The number of hydrogen-bond donors (Lipinski definition) is 0. The van der Waals surface area contributed by atoms with E-state index in [0.29, 0.717) is 0 Å². The maximum Gasteiger partial charge on any atom is 0.478 e. The second-order valence-electron chi connectivity index (χ2n) is 3.85. The molecule has 0 saturated carbocycles. The summed E-state index contributed by atoms with van der Waals surface area (Å²) in [6.45, 7) is 5.55. The Labute approximate surface area is 170 Å². The lowest BCUT2D eigenvalue weighted by Crippen LogP contribution is -2.22. The van der Waals surface area contributed by atoms with Gasteiger partial charge in [-0.15, -0.1) is 0 Å². The molecule has 6 atom stereocenters. The molecule has 0 heterocycles. The molecule has 0 aromatic rings. The molecule has 4 nitrogen and oxygen atoms in total. The van der Waals surface area contributed by atoms with E-state index >= 15 is 0 Å². The summed E-state index contributed by atoms with van der Waals surface area (Å²) >= 11 is 19.8. The first-order valence-electron chi connectivity index (χ1n) is 5.48. The van der Waals surface area contributed by atoms with E-state index in [1.165, 1.54) is 0 Å². The largest absolute Gasteiger partial charge is 0.478 e. The Morgan fingerprint density at radius 2 is 0.850 bits per heavy atom. The molecule has 0 radical (unpaired) electrons. The molecule has 0 rings (SSSR count). The highest BCUT2D eigenvalue weighted by Crippen LogP contribution is 2.56. The van der Waals surface area contributed by atoms with Crippen LogP contribution in [0.25, 0.3) is 0 Å². The van der Waals surface area contributed by atoms with Crippen molar-refractivity contribution in [3.63, 3.8) is 0 Å². The Balaban J connectivity index is 4.97. The van der Waals surface area contributed by atoms with Crippen LogP contribution in [0.5, 0.6) is 0 Å². The van der Waals surface area contributed by atoms with Crippen LogP contribution in [0.3, 0.4) is 0 Å². The van der Waals surface area contributed by atoms with Gasteiger partial charge in [-0.05, 0) is 20.8 Å². The fourth-order valence-electron chi connectivity index (χ4n) is 0.696. The second kappa shape index (κ2) is 10.8. The van der Waals surface area contributed by atoms with Crippen LogP contribution in [0, 0.1) is 0 Å². The molecule has 0 aromatic carbocycles. The van der Waals surface area contributed by atoms with E-state index in [-0.39, 0.29) is 14.5 Å². The predicted octanol–water partition coefficient (Wildman–Crippen LogP) is 6.66. The van der Waals surface area contributed by atoms with E-state index in [4.69, 9.17) is 13.6 Å². The fraction of sp³-hybridized carbons (Fsp3) is 1.00. The number of phosphoric acid groups is 1. The summed E-state index contributed by atoms with van der Waals surface area (Å²) in [6.07, 6.45) is 0. The van der Waals surface area contributed by atoms with Crippen LogP contribution < -0.4 is 0 Å². The molecule has 20 heavy (non-hydrogen) atoms. The van der Waals surface area contributed by atoms with Gasteiger partial charge in [0.05, 0.1) is 0 Å². The normalized spacial score (nSPS) is 24.2. The smallest absolute Gasteiger partial charge is 0.271 e. The highest BCUT2D eigenvalue weighted by atomic mass is 79.9. The highest BCUT2D eigenvalue weighted by Gasteiger charge is 2.38. The highest BCUT2D eigenvalue weighted by molar-refractivity contribution is 9.13. The SMILES string of the molecule is CC(Br)C(Br)OP(=O)(OC(Br)C(C)Br)OC(Br)C(C)Br. The average molecular weight is 698 g/mol. The third-order valence-electron chi connectivity index (χ3n) is 1.77. The van der Waals surface area contributed by atoms with Gasteiger partial charge in [0.15, 0.2) is 0 Å². The third-order valence-corrected chi connectivity index (χ3v) is 10.6. The molecule has 0 fully saturated rings. The lowest BCUT2D eigenvalue weighted by atomic mass is 10.5. The standard InChI is InChI=1S/C9H15Br6O4P/c1-4(10)7(13)17-20(16,18-8(14)5(2)11)19-9(15)6(3)12/h4-9H,1-3H3. The Hall–Kier alpha value is 2.99. The quantitative estimate of drug-likeness (QED) is 0.200. The summed E-state index contributed by atoms with van der Waals surface area (Å²) in [5.74, 6) is 0. The van der Waals surface area contributed by atoms with Gasteiger partial charge in [-0.2, -0.15) is 0 Å². The zero-order valence-corrected chi connectivity index (χ0v) is 21.2. The van der Waals surface area contributed by atoms with Crippen molar-refractivity contribution in [2.75, 3.05) is 0 Å². The number of rotatable bonds is 9. The van der Waals surface area contributed by atoms with Crippen LogP contribution in [-0.2, 0) is 18.1 Å². The van der Waals surface area contributed by atoms with Crippen molar-refractivity contribution in [2.45, 2.75) is 50.3 Å². The average Bonchev–Trinajstić information content (AvgIpc) is 2.27. The lowest BCUT2D eigenvalue weighted by molar-refractivity contribution is 0.0967. The molecule has 0 amide bonds.